The number of hydrogen-bond donors (Lipinski definition) is 0. The minimum atomic E-state index is -0.121. The van der Waals surface area contributed by atoms with Crippen molar-refractivity contribution in [2.75, 3.05) is 0 Å². The molecule has 4 saturated carbocycles. The summed E-state index contributed by atoms with van der Waals surface area (Å²) >= 11 is 5.72. The molecular formula is C20H24N2OS. The summed E-state index contributed by atoms with van der Waals surface area (Å²) in [6.07, 6.45) is 7.36. The predicted octanol–water partition coefficient (Wildman–Crippen LogP) is 3.93. The lowest BCUT2D eigenvalue weighted by Crippen LogP contribution is -2.54. The summed E-state index contributed by atoms with van der Waals surface area (Å²) < 4.78 is 0. The Hall–Kier alpha value is -1.29. The predicted molar refractivity (Wildman–Crippen MR) is 96.6 cm³/mol. The number of amides is 1. The third-order valence-electron chi connectivity index (χ3n) is 6.92. The fourth-order valence-electron chi connectivity index (χ4n) is 6.50. The van der Waals surface area contributed by atoms with Crippen LogP contribution in [0, 0.1) is 37.0 Å². The average Bonchev–Trinajstić information content (AvgIpc) is 2.81. The number of thiocarbonyl (C=S) groups is 1. The van der Waals surface area contributed by atoms with E-state index in [0.717, 1.165) is 64.5 Å². The second kappa shape index (κ2) is 4.87. The number of aromatic nitrogens is 1. The molecule has 0 radical (unpaired) electrons. The smallest absolute Gasteiger partial charge is 0.234 e. The Kier molecular flexibility index (Phi) is 3.05. The van der Waals surface area contributed by atoms with E-state index in [4.69, 9.17) is 12.2 Å². The Balaban J connectivity index is 1.49. The first-order valence-electron chi connectivity index (χ1n) is 9.28. The van der Waals surface area contributed by atoms with Crippen molar-refractivity contribution in [3.05, 3.63) is 28.6 Å². The van der Waals surface area contributed by atoms with Gasteiger partial charge < -0.3 is 0 Å². The summed E-state index contributed by atoms with van der Waals surface area (Å²) in [5, 5.41) is 0. The highest BCUT2D eigenvalue weighted by Crippen LogP contribution is 2.60. The monoisotopic (exact) mass is 340 g/mol. The Labute approximate surface area is 148 Å². The van der Waals surface area contributed by atoms with Gasteiger partial charge >= 0.3 is 0 Å². The highest BCUT2D eigenvalue weighted by Gasteiger charge is 2.56. The van der Waals surface area contributed by atoms with E-state index in [-0.39, 0.29) is 5.41 Å². The van der Waals surface area contributed by atoms with Crippen molar-refractivity contribution in [2.24, 2.45) is 23.2 Å². The molecule has 1 aromatic heterocycles. The van der Waals surface area contributed by atoms with Crippen LogP contribution < -0.4 is 0 Å². The molecule has 1 amide bonds. The molecule has 0 atom stereocenters. The van der Waals surface area contributed by atoms with Crippen LogP contribution in [0.1, 0.15) is 61.0 Å². The number of rotatable bonds is 1. The van der Waals surface area contributed by atoms with Gasteiger partial charge in [-0.1, -0.05) is 12.2 Å². The highest BCUT2D eigenvalue weighted by atomic mass is 32.1. The fraction of sp³-hybridized carbons (Fsp3) is 0.650. The minimum absolute atomic E-state index is 0.121. The number of aryl methyl sites for hydroxylation is 2. The number of carbonyl (C=O) groups is 1. The summed E-state index contributed by atoms with van der Waals surface area (Å²) in [5.41, 5.74) is 4.08. The van der Waals surface area contributed by atoms with Crippen LogP contribution in [0.4, 0.5) is 0 Å². The minimum Gasteiger partial charge on any atom is -0.296 e. The normalized spacial score (nSPS) is 36.3. The van der Waals surface area contributed by atoms with Crippen molar-refractivity contribution < 1.29 is 4.79 Å². The molecule has 2 heterocycles. The Morgan fingerprint density at radius 2 is 1.75 bits per heavy atom. The van der Waals surface area contributed by atoms with Crippen LogP contribution >= 0.6 is 12.2 Å². The maximum atomic E-state index is 13.6. The molecule has 4 heteroatoms. The van der Waals surface area contributed by atoms with Crippen molar-refractivity contribution in [3.63, 3.8) is 0 Å². The second-order valence-electron chi connectivity index (χ2n) is 8.80. The zero-order valence-electron chi connectivity index (χ0n) is 14.5. The molecule has 0 saturated heterocycles. The first-order chi connectivity index (χ1) is 11.4. The van der Waals surface area contributed by atoms with E-state index in [1.165, 1.54) is 19.3 Å². The van der Waals surface area contributed by atoms with Crippen LogP contribution in [0.2, 0.25) is 0 Å². The van der Waals surface area contributed by atoms with Gasteiger partial charge in [-0.15, -0.1) is 0 Å². The molecule has 4 fully saturated rings. The average molecular weight is 340 g/mol. The van der Waals surface area contributed by atoms with Gasteiger partial charge in [0.05, 0.1) is 17.7 Å². The second-order valence-corrected chi connectivity index (χ2v) is 9.18. The van der Waals surface area contributed by atoms with E-state index in [2.05, 4.69) is 18.0 Å². The molecule has 0 unspecified atom stereocenters. The first kappa shape index (κ1) is 15.0. The van der Waals surface area contributed by atoms with E-state index in [1.807, 2.05) is 11.8 Å². The van der Waals surface area contributed by atoms with Crippen LogP contribution in [0.25, 0.3) is 0 Å². The molecule has 24 heavy (non-hydrogen) atoms. The van der Waals surface area contributed by atoms with Gasteiger partial charge in [-0.05, 0) is 81.8 Å². The Morgan fingerprint density at radius 1 is 1.17 bits per heavy atom. The van der Waals surface area contributed by atoms with Crippen LogP contribution in [-0.2, 0) is 11.3 Å². The molecule has 5 aliphatic rings. The van der Waals surface area contributed by atoms with Gasteiger partial charge in [0.2, 0.25) is 5.91 Å². The zero-order valence-corrected chi connectivity index (χ0v) is 15.3. The number of pyridine rings is 1. The third-order valence-corrected chi connectivity index (χ3v) is 7.35. The van der Waals surface area contributed by atoms with Crippen LogP contribution in [0.15, 0.2) is 6.07 Å². The molecule has 6 rings (SSSR count). The lowest BCUT2D eigenvalue weighted by Gasteiger charge is -2.56. The number of nitrogens with zero attached hydrogens (tertiary/aromatic N) is 2. The number of fused-ring (bicyclic) bond motifs is 1. The largest absolute Gasteiger partial charge is 0.296 e. The van der Waals surface area contributed by atoms with Crippen molar-refractivity contribution in [1.82, 2.24) is 9.88 Å². The molecule has 0 N–H and O–H groups in total. The fourth-order valence-corrected chi connectivity index (χ4v) is 6.93. The molecule has 3 nitrogen and oxygen atoms in total. The Morgan fingerprint density at radius 3 is 2.33 bits per heavy atom. The Bertz CT molecular complexity index is 734. The molecule has 0 spiro atoms. The van der Waals surface area contributed by atoms with Crippen LogP contribution in [0.5, 0.6) is 0 Å². The summed E-state index contributed by atoms with van der Waals surface area (Å²) in [6, 6.07) is 2.07. The molecule has 4 aliphatic carbocycles. The van der Waals surface area contributed by atoms with E-state index in [9.17, 15) is 4.79 Å². The molecular weight excluding hydrogens is 316 g/mol. The zero-order chi connectivity index (χ0) is 16.6. The SMILES string of the molecule is Cc1cc(C)c2c(n1)CN(C(=O)C13CC4CC(CC(C4)C1)C3)C2=S. The molecule has 4 bridgehead atoms. The lowest BCUT2D eigenvalue weighted by atomic mass is 9.49. The maximum Gasteiger partial charge on any atom is 0.234 e. The molecule has 1 aliphatic heterocycles. The molecule has 1 aromatic rings. The van der Waals surface area contributed by atoms with Gasteiger partial charge in [0, 0.05) is 11.3 Å². The van der Waals surface area contributed by atoms with Gasteiger partial charge in [-0.25, -0.2) is 0 Å². The topological polar surface area (TPSA) is 33.2 Å². The standard InChI is InChI=1S/C20H24N2OS/c1-11-3-12(2)21-16-10-22(18(24)17(11)16)19(23)20-7-13-4-14(8-20)6-15(5-13)9-20/h3,13-15H,4-10H2,1-2H3. The van der Waals surface area contributed by atoms with E-state index < -0.39 is 0 Å². The van der Waals surface area contributed by atoms with Crippen LogP contribution in [-0.4, -0.2) is 20.8 Å². The number of carbonyl (C=O) groups excluding carboxylic acids is 1. The lowest BCUT2D eigenvalue weighted by molar-refractivity contribution is -0.153. The summed E-state index contributed by atoms with van der Waals surface area (Å²) in [7, 11) is 0. The quantitative estimate of drug-likeness (QED) is 0.726. The summed E-state index contributed by atoms with van der Waals surface area (Å²) in [4.78, 5) is 20.9. The maximum absolute atomic E-state index is 13.6. The van der Waals surface area contributed by atoms with Gasteiger partial charge in [0.1, 0.15) is 4.99 Å². The van der Waals surface area contributed by atoms with E-state index >= 15 is 0 Å². The van der Waals surface area contributed by atoms with E-state index in [0.29, 0.717) is 12.5 Å². The van der Waals surface area contributed by atoms with Crippen molar-refractivity contribution in [2.45, 2.75) is 58.9 Å². The van der Waals surface area contributed by atoms with Gasteiger partial charge in [-0.3, -0.25) is 14.7 Å². The van der Waals surface area contributed by atoms with Crippen molar-refractivity contribution in [1.29, 1.82) is 0 Å². The van der Waals surface area contributed by atoms with Gasteiger partial charge in [-0.2, -0.15) is 0 Å². The third kappa shape index (κ3) is 1.98. The summed E-state index contributed by atoms with van der Waals surface area (Å²) in [5.74, 6) is 2.64. The first-order valence-corrected chi connectivity index (χ1v) is 9.69. The molecule has 0 aromatic carbocycles. The van der Waals surface area contributed by atoms with E-state index in [1.54, 1.807) is 0 Å². The summed E-state index contributed by atoms with van der Waals surface area (Å²) in [6.45, 7) is 4.68. The van der Waals surface area contributed by atoms with Gasteiger partial charge in [0.25, 0.3) is 0 Å². The van der Waals surface area contributed by atoms with Crippen molar-refractivity contribution in [3.8, 4) is 0 Å². The number of hydrogen-bond acceptors (Lipinski definition) is 3. The van der Waals surface area contributed by atoms with Crippen molar-refractivity contribution >= 4 is 23.1 Å². The van der Waals surface area contributed by atoms with Gasteiger partial charge in [0.15, 0.2) is 0 Å². The highest BCUT2D eigenvalue weighted by molar-refractivity contribution is 7.80. The van der Waals surface area contributed by atoms with Crippen LogP contribution in [0.3, 0.4) is 0 Å². The molecule has 126 valence electrons.